The second-order valence-corrected chi connectivity index (χ2v) is 4.81. The first-order chi connectivity index (χ1) is 10.1. The number of esters is 1. The predicted octanol–water partition coefficient (Wildman–Crippen LogP) is 3.83. The Morgan fingerprint density at radius 3 is 2.57 bits per heavy atom. The molecule has 21 heavy (non-hydrogen) atoms. The van der Waals surface area contributed by atoms with Gasteiger partial charge < -0.3 is 9.47 Å². The maximum Gasteiger partial charge on any atom is 0.343 e. The van der Waals surface area contributed by atoms with Crippen molar-refractivity contribution in [3.8, 4) is 0 Å². The number of alkyl halides is 1. The zero-order chi connectivity index (χ0) is 15.7. The van der Waals surface area contributed by atoms with Crippen LogP contribution in [0.5, 0.6) is 0 Å². The lowest BCUT2D eigenvalue weighted by Crippen LogP contribution is -2.35. The fraction of sp³-hybridized carbons (Fsp3) is 0.471. The molecule has 0 aliphatic carbocycles. The number of carbonyl (C=O) groups excluding carboxylic acids is 1. The van der Waals surface area contributed by atoms with Gasteiger partial charge in [0.2, 0.25) is 6.17 Å². The van der Waals surface area contributed by atoms with Crippen LogP contribution in [0, 0.1) is 0 Å². The van der Waals surface area contributed by atoms with Crippen molar-refractivity contribution in [1.82, 2.24) is 0 Å². The molecule has 0 bridgehead atoms. The molecule has 116 valence electrons. The lowest BCUT2D eigenvalue weighted by Gasteiger charge is -2.22. The van der Waals surface area contributed by atoms with E-state index in [1.807, 2.05) is 56.3 Å². The van der Waals surface area contributed by atoms with E-state index in [-0.39, 0.29) is 12.7 Å². The van der Waals surface area contributed by atoms with Gasteiger partial charge in [-0.05, 0) is 25.8 Å². The highest BCUT2D eigenvalue weighted by atomic mass is 19.1. The molecular weight excluding hydrogens is 271 g/mol. The Labute approximate surface area is 125 Å². The maximum absolute atomic E-state index is 14.1. The molecule has 0 fully saturated rings. The van der Waals surface area contributed by atoms with Gasteiger partial charge in [0.25, 0.3) is 0 Å². The van der Waals surface area contributed by atoms with Crippen LogP contribution >= 0.6 is 0 Å². The molecule has 0 saturated heterocycles. The number of benzene rings is 1. The van der Waals surface area contributed by atoms with E-state index >= 15 is 0 Å². The van der Waals surface area contributed by atoms with Crippen LogP contribution in [0.2, 0.25) is 0 Å². The molecule has 0 N–H and O–H groups in total. The number of carbonyl (C=O) groups is 1. The minimum Gasteiger partial charge on any atom is -0.459 e. The van der Waals surface area contributed by atoms with E-state index in [0.29, 0.717) is 6.42 Å². The van der Waals surface area contributed by atoms with E-state index in [0.717, 1.165) is 5.56 Å². The SMILES string of the molecule is CC=CC(C)OC(CC)C(F)C(=O)OCc1ccccc1. The van der Waals surface area contributed by atoms with Crippen molar-refractivity contribution in [2.24, 2.45) is 0 Å². The highest BCUT2D eigenvalue weighted by molar-refractivity contribution is 5.75. The van der Waals surface area contributed by atoms with E-state index in [4.69, 9.17) is 9.47 Å². The van der Waals surface area contributed by atoms with Crippen molar-refractivity contribution < 1.29 is 18.7 Å². The molecule has 0 amide bonds. The molecular formula is C17H23FO3. The fourth-order valence-electron chi connectivity index (χ4n) is 1.92. The molecule has 0 aliphatic rings. The highest BCUT2D eigenvalue weighted by Gasteiger charge is 2.30. The number of halogens is 1. The van der Waals surface area contributed by atoms with Crippen LogP contribution in [0.15, 0.2) is 42.5 Å². The first-order valence-corrected chi connectivity index (χ1v) is 7.21. The summed E-state index contributed by atoms with van der Waals surface area (Å²) in [5.74, 6) is -0.876. The van der Waals surface area contributed by atoms with Crippen LogP contribution < -0.4 is 0 Å². The van der Waals surface area contributed by atoms with Crippen molar-refractivity contribution in [3.63, 3.8) is 0 Å². The molecule has 4 heteroatoms. The molecule has 0 aromatic heterocycles. The monoisotopic (exact) mass is 294 g/mol. The van der Waals surface area contributed by atoms with Gasteiger partial charge in [-0.1, -0.05) is 49.4 Å². The van der Waals surface area contributed by atoms with Crippen LogP contribution in [0.1, 0.15) is 32.8 Å². The van der Waals surface area contributed by atoms with E-state index in [1.54, 1.807) is 6.92 Å². The Balaban J connectivity index is 2.50. The lowest BCUT2D eigenvalue weighted by molar-refractivity contribution is -0.158. The average molecular weight is 294 g/mol. The van der Waals surface area contributed by atoms with Gasteiger partial charge in [0, 0.05) is 0 Å². The summed E-state index contributed by atoms with van der Waals surface area (Å²) in [5.41, 5.74) is 0.828. The third-order valence-corrected chi connectivity index (χ3v) is 3.03. The zero-order valence-electron chi connectivity index (χ0n) is 12.8. The van der Waals surface area contributed by atoms with Crippen LogP contribution in [-0.4, -0.2) is 24.3 Å². The smallest absolute Gasteiger partial charge is 0.343 e. The molecule has 0 heterocycles. The fourth-order valence-corrected chi connectivity index (χ4v) is 1.92. The van der Waals surface area contributed by atoms with Crippen molar-refractivity contribution in [2.75, 3.05) is 0 Å². The minimum absolute atomic E-state index is 0.0704. The highest BCUT2D eigenvalue weighted by Crippen LogP contribution is 2.14. The number of rotatable bonds is 8. The van der Waals surface area contributed by atoms with Crippen LogP contribution in [0.4, 0.5) is 4.39 Å². The van der Waals surface area contributed by atoms with E-state index in [1.165, 1.54) is 0 Å². The van der Waals surface area contributed by atoms with Crippen LogP contribution in [0.3, 0.4) is 0 Å². The third kappa shape index (κ3) is 6.08. The first-order valence-electron chi connectivity index (χ1n) is 7.21. The van der Waals surface area contributed by atoms with Gasteiger partial charge in [-0.15, -0.1) is 0 Å². The molecule has 0 radical (unpaired) electrons. The molecule has 3 nitrogen and oxygen atoms in total. The second-order valence-electron chi connectivity index (χ2n) is 4.81. The molecule has 1 rings (SSSR count). The van der Waals surface area contributed by atoms with Crippen LogP contribution in [-0.2, 0) is 20.9 Å². The zero-order valence-corrected chi connectivity index (χ0v) is 12.8. The minimum atomic E-state index is -1.77. The topological polar surface area (TPSA) is 35.5 Å². The normalized spacial score (nSPS) is 15.6. The van der Waals surface area contributed by atoms with Crippen LogP contribution in [0.25, 0.3) is 0 Å². The molecule has 1 aromatic rings. The molecule has 3 unspecified atom stereocenters. The van der Waals surface area contributed by atoms with Gasteiger partial charge in [-0.25, -0.2) is 9.18 Å². The van der Waals surface area contributed by atoms with E-state index < -0.39 is 18.2 Å². The number of ether oxygens (including phenoxy) is 2. The predicted molar refractivity (Wildman–Crippen MR) is 80.6 cm³/mol. The van der Waals surface area contributed by atoms with Gasteiger partial charge in [0.1, 0.15) is 12.7 Å². The summed E-state index contributed by atoms with van der Waals surface area (Å²) < 4.78 is 24.7. The van der Waals surface area contributed by atoms with E-state index in [2.05, 4.69) is 0 Å². The second kappa shape index (κ2) is 9.29. The third-order valence-electron chi connectivity index (χ3n) is 3.03. The average Bonchev–Trinajstić information content (AvgIpc) is 2.51. The Bertz CT molecular complexity index is 445. The largest absolute Gasteiger partial charge is 0.459 e. The number of hydrogen-bond donors (Lipinski definition) is 0. The van der Waals surface area contributed by atoms with Gasteiger partial charge in [-0.2, -0.15) is 0 Å². The number of allylic oxidation sites excluding steroid dienone is 1. The van der Waals surface area contributed by atoms with Gasteiger partial charge in [0.05, 0.1) is 6.10 Å². The summed E-state index contributed by atoms with van der Waals surface area (Å²) in [4.78, 5) is 11.8. The van der Waals surface area contributed by atoms with Gasteiger partial charge in [-0.3, -0.25) is 0 Å². The van der Waals surface area contributed by atoms with E-state index in [9.17, 15) is 9.18 Å². The molecule has 0 aliphatic heterocycles. The quantitative estimate of drug-likeness (QED) is 0.540. The van der Waals surface area contributed by atoms with Crippen molar-refractivity contribution >= 4 is 5.97 Å². The standard InChI is InChI=1S/C17H23FO3/c1-4-9-13(3)21-15(5-2)16(18)17(19)20-12-14-10-7-6-8-11-14/h4,6-11,13,15-16H,5,12H2,1-3H3. The summed E-state index contributed by atoms with van der Waals surface area (Å²) in [6.45, 7) is 5.53. The molecule has 1 aromatic carbocycles. The molecule has 0 saturated carbocycles. The first kappa shape index (κ1) is 17.4. The summed E-state index contributed by atoms with van der Waals surface area (Å²) in [6, 6.07) is 9.19. The summed E-state index contributed by atoms with van der Waals surface area (Å²) in [6.07, 6.45) is 1.25. The van der Waals surface area contributed by atoms with Gasteiger partial charge >= 0.3 is 5.97 Å². The summed E-state index contributed by atoms with van der Waals surface area (Å²) in [5, 5.41) is 0. The molecule has 0 spiro atoms. The van der Waals surface area contributed by atoms with Crippen molar-refractivity contribution in [1.29, 1.82) is 0 Å². The lowest BCUT2D eigenvalue weighted by atomic mass is 10.1. The van der Waals surface area contributed by atoms with Crippen molar-refractivity contribution in [2.45, 2.75) is 52.2 Å². The maximum atomic E-state index is 14.1. The summed E-state index contributed by atoms with van der Waals surface area (Å²) >= 11 is 0. The Morgan fingerprint density at radius 1 is 1.33 bits per heavy atom. The van der Waals surface area contributed by atoms with Crippen molar-refractivity contribution in [3.05, 3.63) is 48.0 Å². The Kier molecular flexibility index (Phi) is 7.69. The Morgan fingerprint density at radius 2 is 2.00 bits per heavy atom. The molecule has 3 atom stereocenters. The Hall–Kier alpha value is -1.68. The van der Waals surface area contributed by atoms with Gasteiger partial charge in [0.15, 0.2) is 0 Å². The number of hydrogen-bond acceptors (Lipinski definition) is 3. The summed E-state index contributed by atoms with van der Waals surface area (Å²) in [7, 11) is 0.